The van der Waals surface area contributed by atoms with Crippen LogP contribution in [0.25, 0.3) is 11.1 Å². The van der Waals surface area contributed by atoms with Crippen molar-refractivity contribution in [3.63, 3.8) is 0 Å². The minimum Gasteiger partial charge on any atom is -0.487 e. The fourth-order valence-corrected chi connectivity index (χ4v) is 1.98. The monoisotopic (exact) mass is 268 g/mol. The van der Waals surface area contributed by atoms with Gasteiger partial charge in [-0.25, -0.2) is 4.79 Å². The summed E-state index contributed by atoms with van der Waals surface area (Å²) in [5.74, 6) is -1.34. The van der Waals surface area contributed by atoms with E-state index >= 15 is 0 Å². The van der Waals surface area contributed by atoms with Crippen molar-refractivity contribution in [3.8, 4) is 11.1 Å². The highest BCUT2D eigenvalue weighted by atomic mass is 16.5. The molecule has 0 bridgehead atoms. The Morgan fingerprint density at radius 3 is 2.40 bits per heavy atom. The fraction of sp³-hybridized carbons (Fsp3) is 0.118. The summed E-state index contributed by atoms with van der Waals surface area (Å²) < 4.78 is 5.10. The predicted octanol–water partition coefficient (Wildman–Crippen LogP) is 3.51. The minimum absolute atomic E-state index is 0.220. The van der Waals surface area contributed by atoms with Crippen LogP contribution in [0.3, 0.4) is 0 Å². The molecule has 0 heterocycles. The second kappa shape index (κ2) is 6.57. The largest absolute Gasteiger partial charge is 0.487 e. The standard InChI is InChI=1S/C17H16O3/c1-13(17(18)19)20-12-11-15-9-5-6-10-16(15)14-7-3-2-4-8-14/h2-10H,1,11-12H2,(H,18,19). The Labute approximate surface area is 118 Å². The summed E-state index contributed by atoms with van der Waals surface area (Å²) in [5.41, 5.74) is 3.40. The van der Waals surface area contributed by atoms with Crippen molar-refractivity contribution < 1.29 is 14.6 Å². The molecule has 2 aromatic rings. The maximum atomic E-state index is 10.6. The van der Waals surface area contributed by atoms with Gasteiger partial charge in [-0.05, 0) is 23.3 Å². The molecule has 2 rings (SSSR count). The first-order valence-corrected chi connectivity index (χ1v) is 6.37. The molecule has 3 heteroatoms. The zero-order valence-electron chi connectivity index (χ0n) is 11.1. The van der Waals surface area contributed by atoms with Gasteiger partial charge in [0.2, 0.25) is 0 Å². The Balaban J connectivity index is 2.09. The van der Waals surface area contributed by atoms with Crippen molar-refractivity contribution in [1.82, 2.24) is 0 Å². The number of carbonyl (C=O) groups is 1. The molecule has 20 heavy (non-hydrogen) atoms. The molecule has 0 saturated heterocycles. The summed E-state index contributed by atoms with van der Waals surface area (Å²) in [6, 6.07) is 18.1. The normalized spacial score (nSPS) is 10.0. The van der Waals surface area contributed by atoms with Crippen LogP contribution < -0.4 is 0 Å². The van der Waals surface area contributed by atoms with Crippen LogP contribution in [0.1, 0.15) is 5.56 Å². The summed E-state index contributed by atoms with van der Waals surface area (Å²) in [4.78, 5) is 10.6. The smallest absolute Gasteiger partial charge is 0.370 e. The van der Waals surface area contributed by atoms with E-state index in [9.17, 15) is 4.79 Å². The summed E-state index contributed by atoms with van der Waals surface area (Å²) in [5, 5.41) is 8.69. The van der Waals surface area contributed by atoms with E-state index in [1.54, 1.807) is 0 Å². The van der Waals surface area contributed by atoms with E-state index in [1.807, 2.05) is 36.4 Å². The SMILES string of the molecule is C=C(OCCc1ccccc1-c1ccccc1)C(=O)O. The lowest BCUT2D eigenvalue weighted by atomic mass is 9.98. The molecular weight excluding hydrogens is 252 g/mol. The number of rotatable bonds is 6. The molecule has 0 atom stereocenters. The van der Waals surface area contributed by atoms with E-state index in [4.69, 9.17) is 9.84 Å². The molecule has 0 aromatic heterocycles. The van der Waals surface area contributed by atoms with Crippen LogP contribution in [-0.4, -0.2) is 17.7 Å². The summed E-state index contributed by atoms with van der Waals surface area (Å²) in [6.45, 7) is 3.64. The number of benzene rings is 2. The Hall–Kier alpha value is -2.55. The Kier molecular flexibility index (Phi) is 4.56. The van der Waals surface area contributed by atoms with Crippen molar-refractivity contribution in [1.29, 1.82) is 0 Å². The second-order valence-corrected chi connectivity index (χ2v) is 4.35. The molecule has 1 N–H and O–H groups in total. The van der Waals surface area contributed by atoms with Crippen LogP contribution in [-0.2, 0) is 16.0 Å². The maximum Gasteiger partial charge on any atom is 0.370 e. The topological polar surface area (TPSA) is 46.5 Å². The Bertz CT molecular complexity index is 603. The molecular formula is C17H16O3. The Morgan fingerprint density at radius 2 is 1.70 bits per heavy atom. The van der Waals surface area contributed by atoms with Gasteiger partial charge in [0, 0.05) is 6.42 Å². The van der Waals surface area contributed by atoms with Gasteiger partial charge < -0.3 is 9.84 Å². The van der Waals surface area contributed by atoms with Crippen molar-refractivity contribution in [2.24, 2.45) is 0 Å². The highest BCUT2D eigenvalue weighted by molar-refractivity contribution is 5.83. The Morgan fingerprint density at radius 1 is 1.05 bits per heavy atom. The van der Waals surface area contributed by atoms with Gasteiger partial charge in [0.25, 0.3) is 0 Å². The number of aliphatic carboxylic acids is 1. The maximum absolute atomic E-state index is 10.6. The third-order valence-electron chi connectivity index (χ3n) is 2.99. The number of carboxylic acids is 1. The summed E-state index contributed by atoms with van der Waals surface area (Å²) >= 11 is 0. The van der Waals surface area contributed by atoms with Gasteiger partial charge in [-0.15, -0.1) is 0 Å². The van der Waals surface area contributed by atoms with Gasteiger partial charge in [0.1, 0.15) is 0 Å². The van der Waals surface area contributed by atoms with E-state index in [1.165, 1.54) is 0 Å². The lowest BCUT2D eigenvalue weighted by Gasteiger charge is -2.10. The second-order valence-electron chi connectivity index (χ2n) is 4.35. The van der Waals surface area contributed by atoms with E-state index in [-0.39, 0.29) is 5.76 Å². The van der Waals surface area contributed by atoms with Crippen LogP contribution in [0.2, 0.25) is 0 Å². The van der Waals surface area contributed by atoms with Crippen LogP contribution in [0.15, 0.2) is 66.9 Å². The van der Waals surface area contributed by atoms with Gasteiger partial charge in [0.05, 0.1) is 6.61 Å². The van der Waals surface area contributed by atoms with Gasteiger partial charge in [0.15, 0.2) is 5.76 Å². The van der Waals surface area contributed by atoms with E-state index in [0.717, 1.165) is 16.7 Å². The molecule has 0 aliphatic carbocycles. The van der Waals surface area contributed by atoms with Crippen LogP contribution >= 0.6 is 0 Å². The minimum atomic E-state index is -1.12. The van der Waals surface area contributed by atoms with Crippen molar-refractivity contribution in [2.45, 2.75) is 6.42 Å². The van der Waals surface area contributed by atoms with Gasteiger partial charge in [-0.1, -0.05) is 54.6 Å². The fourth-order valence-electron chi connectivity index (χ4n) is 1.98. The molecule has 0 unspecified atom stereocenters. The van der Waals surface area contributed by atoms with Crippen LogP contribution in [0.4, 0.5) is 0 Å². The highest BCUT2D eigenvalue weighted by Crippen LogP contribution is 2.23. The lowest BCUT2D eigenvalue weighted by molar-refractivity contribution is -0.136. The van der Waals surface area contributed by atoms with Crippen molar-refractivity contribution >= 4 is 5.97 Å². The molecule has 0 aliphatic rings. The average Bonchev–Trinajstić information content (AvgIpc) is 2.48. The molecule has 0 amide bonds. The molecule has 0 radical (unpaired) electrons. The number of ether oxygens (including phenoxy) is 1. The third-order valence-corrected chi connectivity index (χ3v) is 2.99. The first-order valence-electron chi connectivity index (χ1n) is 6.37. The quantitative estimate of drug-likeness (QED) is 0.644. The molecule has 0 fully saturated rings. The van der Waals surface area contributed by atoms with E-state index in [2.05, 4.69) is 24.8 Å². The molecule has 0 spiro atoms. The van der Waals surface area contributed by atoms with Crippen molar-refractivity contribution in [2.75, 3.05) is 6.61 Å². The number of carboxylic acid groups (broad SMARTS) is 1. The zero-order valence-corrected chi connectivity index (χ0v) is 11.1. The van der Waals surface area contributed by atoms with Gasteiger partial charge in [-0.3, -0.25) is 0 Å². The zero-order chi connectivity index (χ0) is 14.4. The third kappa shape index (κ3) is 3.48. The van der Waals surface area contributed by atoms with E-state index in [0.29, 0.717) is 13.0 Å². The van der Waals surface area contributed by atoms with E-state index < -0.39 is 5.97 Å². The molecule has 2 aromatic carbocycles. The highest BCUT2D eigenvalue weighted by Gasteiger charge is 2.07. The van der Waals surface area contributed by atoms with Crippen LogP contribution in [0, 0.1) is 0 Å². The van der Waals surface area contributed by atoms with Gasteiger partial charge >= 0.3 is 5.97 Å². The summed E-state index contributed by atoms with van der Waals surface area (Å²) in [7, 11) is 0. The molecule has 3 nitrogen and oxygen atoms in total. The molecule has 0 aliphatic heterocycles. The first kappa shape index (κ1) is 13.9. The first-order chi connectivity index (χ1) is 9.68. The molecule has 102 valence electrons. The average molecular weight is 268 g/mol. The van der Waals surface area contributed by atoms with Crippen molar-refractivity contribution in [3.05, 3.63) is 72.5 Å². The molecule has 0 saturated carbocycles. The summed E-state index contributed by atoms with van der Waals surface area (Å²) in [6.07, 6.45) is 0.636. The predicted molar refractivity (Wildman–Crippen MR) is 78.3 cm³/mol. The van der Waals surface area contributed by atoms with Gasteiger partial charge in [-0.2, -0.15) is 0 Å². The number of hydrogen-bond donors (Lipinski definition) is 1. The number of hydrogen-bond acceptors (Lipinski definition) is 2. The lowest BCUT2D eigenvalue weighted by Crippen LogP contribution is -2.06. The van der Waals surface area contributed by atoms with Crippen LogP contribution in [0.5, 0.6) is 0 Å².